The van der Waals surface area contributed by atoms with Crippen LogP contribution in [0.25, 0.3) is 0 Å². The van der Waals surface area contributed by atoms with Crippen molar-refractivity contribution in [3.8, 4) is 0 Å². The van der Waals surface area contributed by atoms with Gasteiger partial charge in [-0.1, -0.05) is 18.2 Å². The number of hydrogen-bond donors (Lipinski definition) is 1. The number of anilines is 1. The van der Waals surface area contributed by atoms with E-state index in [4.69, 9.17) is 9.73 Å². The van der Waals surface area contributed by atoms with Crippen molar-refractivity contribution in [1.82, 2.24) is 15.1 Å². The molecule has 29 heavy (non-hydrogen) atoms. The van der Waals surface area contributed by atoms with Gasteiger partial charge in [0.05, 0.1) is 13.2 Å². The Balaban J connectivity index is 1.39. The largest absolute Gasteiger partial charge is 0.379 e. The third-order valence-electron chi connectivity index (χ3n) is 6.14. The topological polar surface area (TPSA) is 60.4 Å². The number of nitrogens with zero attached hydrogens (tertiary/aromatic N) is 4. The van der Waals surface area contributed by atoms with Crippen LogP contribution in [0.4, 0.5) is 5.69 Å². The lowest BCUT2D eigenvalue weighted by atomic mass is 10.0. The third-order valence-corrected chi connectivity index (χ3v) is 6.14. The van der Waals surface area contributed by atoms with E-state index < -0.39 is 0 Å². The molecule has 1 aromatic rings. The number of ether oxygens (including phenoxy) is 1. The molecule has 0 bridgehead atoms. The lowest BCUT2D eigenvalue weighted by Gasteiger charge is -2.32. The van der Waals surface area contributed by atoms with E-state index in [1.165, 1.54) is 5.56 Å². The van der Waals surface area contributed by atoms with E-state index >= 15 is 0 Å². The monoisotopic (exact) mass is 399 g/mol. The number of amides is 1. The molecule has 0 saturated carbocycles. The summed E-state index contributed by atoms with van der Waals surface area (Å²) in [7, 11) is 0. The molecule has 0 spiro atoms. The van der Waals surface area contributed by atoms with Crippen molar-refractivity contribution in [3.63, 3.8) is 0 Å². The predicted molar refractivity (Wildman–Crippen MR) is 115 cm³/mol. The fourth-order valence-corrected chi connectivity index (χ4v) is 4.62. The lowest BCUT2D eigenvalue weighted by molar-refractivity contribution is -0.117. The number of carbonyl (C=O) groups excluding carboxylic acids is 1. The zero-order valence-corrected chi connectivity index (χ0v) is 17.5. The molecule has 1 aromatic carbocycles. The molecular weight excluding hydrogens is 366 g/mol. The highest BCUT2D eigenvalue weighted by atomic mass is 16.5. The second kappa shape index (κ2) is 9.59. The molecule has 158 valence electrons. The van der Waals surface area contributed by atoms with Gasteiger partial charge in [0, 0.05) is 51.0 Å². The molecule has 7 heteroatoms. The molecule has 0 radical (unpaired) electrons. The van der Waals surface area contributed by atoms with E-state index in [0.717, 1.165) is 83.4 Å². The van der Waals surface area contributed by atoms with Gasteiger partial charge in [0.25, 0.3) is 0 Å². The number of aliphatic imine (C=N–C) groups is 1. The van der Waals surface area contributed by atoms with Gasteiger partial charge in [-0.2, -0.15) is 0 Å². The first-order chi connectivity index (χ1) is 14.3. The van der Waals surface area contributed by atoms with Gasteiger partial charge in [0.15, 0.2) is 5.96 Å². The maximum atomic E-state index is 12.9. The van der Waals surface area contributed by atoms with Gasteiger partial charge in [-0.05, 0) is 37.8 Å². The summed E-state index contributed by atoms with van der Waals surface area (Å²) in [5, 5.41) is 3.39. The highest BCUT2D eigenvalue weighted by Gasteiger charge is 2.30. The molecule has 7 nitrogen and oxygen atoms in total. The van der Waals surface area contributed by atoms with Crippen molar-refractivity contribution in [2.24, 2.45) is 4.99 Å². The van der Waals surface area contributed by atoms with E-state index in [-0.39, 0.29) is 12.5 Å². The van der Waals surface area contributed by atoms with E-state index in [1.807, 2.05) is 17.0 Å². The maximum Gasteiger partial charge on any atom is 0.248 e. The Labute approximate surface area is 173 Å². The van der Waals surface area contributed by atoms with Crippen molar-refractivity contribution in [1.29, 1.82) is 0 Å². The third kappa shape index (κ3) is 4.73. The van der Waals surface area contributed by atoms with Crippen molar-refractivity contribution in [3.05, 3.63) is 29.8 Å². The summed E-state index contributed by atoms with van der Waals surface area (Å²) in [4.78, 5) is 24.4. The number of likely N-dealkylation sites (tertiary alicyclic amines) is 1. The van der Waals surface area contributed by atoms with Crippen LogP contribution in [0.1, 0.15) is 25.3 Å². The number of rotatable bonds is 4. The van der Waals surface area contributed by atoms with E-state index in [1.54, 1.807) is 0 Å². The van der Waals surface area contributed by atoms with Gasteiger partial charge in [-0.15, -0.1) is 0 Å². The number of para-hydroxylation sites is 1. The maximum absolute atomic E-state index is 12.9. The second-order valence-corrected chi connectivity index (χ2v) is 7.98. The molecule has 2 fully saturated rings. The molecule has 3 aliphatic heterocycles. The molecule has 1 unspecified atom stereocenters. The molecule has 0 aromatic heterocycles. The SMILES string of the molecule is CCNC(=NCC(=O)N1CCCc2ccccc21)N1CCC(N2CCOCC2)C1. The van der Waals surface area contributed by atoms with Gasteiger partial charge >= 0.3 is 0 Å². The van der Waals surface area contributed by atoms with Crippen molar-refractivity contribution >= 4 is 17.6 Å². The van der Waals surface area contributed by atoms with Gasteiger partial charge < -0.3 is 19.9 Å². The van der Waals surface area contributed by atoms with Crippen LogP contribution in [-0.2, 0) is 16.0 Å². The van der Waals surface area contributed by atoms with Crippen LogP contribution < -0.4 is 10.2 Å². The Hall–Kier alpha value is -2.12. The molecular formula is C22H33N5O2. The highest BCUT2D eigenvalue weighted by Crippen LogP contribution is 2.26. The molecule has 2 saturated heterocycles. The van der Waals surface area contributed by atoms with Crippen LogP contribution in [0, 0.1) is 0 Å². The quantitative estimate of drug-likeness (QED) is 0.612. The summed E-state index contributed by atoms with van der Waals surface area (Å²) in [6.45, 7) is 9.48. The van der Waals surface area contributed by atoms with Crippen LogP contribution >= 0.6 is 0 Å². The number of aryl methyl sites for hydroxylation is 1. The van der Waals surface area contributed by atoms with Crippen LogP contribution in [0.5, 0.6) is 0 Å². The minimum atomic E-state index is 0.0801. The standard InChI is InChI=1S/C22H33N5O2/c1-2-23-22(26-11-9-19(17-26)25-12-14-29-15-13-25)24-16-21(28)27-10-5-7-18-6-3-4-8-20(18)27/h3-4,6,8,19H,2,5,7,9-17H2,1H3,(H,23,24). The second-order valence-electron chi connectivity index (χ2n) is 7.98. The van der Waals surface area contributed by atoms with Crippen molar-refractivity contribution in [2.45, 2.75) is 32.2 Å². The Morgan fingerprint density at radius 2 is 2.03 bits per heavy atom. The average molecular weight is 400 g/mol. The predicted octanol–water partition coefficient (Wildman–Crippen LogP) is 1.34. The summed E-state index contributed by atoms with van der Waals surface area (Å²) < 4.78 is 5.49. The minimum absolute atomic E-state index is 0.0801. The van der Waals surface area contributed by atoms with Gasteiger partial charge in [-0.25, -0.2) is 4.99 Å². The van der Waals surface area contributed by atoms with E-state index in [9.17, 15) is 4.79 Å². The molecule has 0 aliphatic carbocycles. The Morgan fingerprint density at radius 3 is 2.86 bits per heavy atom. The molecule has 1 amide bonds. The van der Waals surface area contributed by atoms with E-state index in [2.05, 4.69) is 34.2 Å². The molecule has 1 N–H and O–H groups in total. The fraction of sp³-hybridized carbons (Fsp3) is 0.636. The number of fused-ring (bicyclic) bond motifs is 1. The molecule has 4 rings (SSSR count). The molecule has 1 atom stereocenters. The molecule has 3 aliphatic rings. The van der Waals surface area contributed by atoms with Crippen molar-refractivity contribution in [2.75, 3.05) is 63.9 Å². The Kier molecular flexibility index (Phi) is 6.67. The smallest absolute Gasteiger partial charge is 0.248 e. The number of nitrogens with one attached hydrogen (secondary N) is 1. The first-order valence-electron chi connectivity index (χ1n) is 11.0. The van der Waals surface area contributed by atoms with E-state index in [0.29, 0.717) is 6.04 Å². The lowest BCUT2D eigenvalue weighted by Crippen LogP contribution is -2.47. The summed E-state index contributed by atoms with van der Waals surface area (Å²) in [6, 6.07) is 8.78. The Morgan fingerprint density at radius 1 is 1.21 bits per heavy atom. The van der Waals surface area contributed by atoms with Gasteiger partial charge in [0.2, 0.25) is 5.91 Å². The van der Waals surface area contributed by atoms with Crippen LogP contribution in [0.2, 0.25) is 0 Å². The summed E-state index contributed by atoms with van der Waals surface area (Å²) in [5.41, 5.74) is 2.31. The fourth-order valence-electron chi connectivity index (χ4n) is 4.62. The number of hydrogen-bond acceptors (Lipinski definition) is 4. The summed E-state index contributed by atoms with van der Waals surface area (Å²) in [5.74, 6) is 0.943. The van der Waals surface area contributed by atoms with Crippen molar-refractivity contribution < 1.29 is 9.53 Å². The number of guanidine groups is 1. The van der Waals surface area contributed by atoms with Gasteiger partial charge in [-0.3, -0.25) is 9.69 Å². The van der Waals surface area contributed by atoms with Crippen LogP contribution in [-0.4, -0.2) is 86.7 Å². The zero-order valence-electron chi connectivity index (χ0n) is 17.5. The van der Waals surface area contributed by atoms with Gasteiger partial charge in [0.1, 0.15) is 6.54 Å². The van der Waals surface area contributed by atoms with Crippen LogP contribution in [0.3, 0.4) is 0 Å². The average Bonchev–Trinajstić information content (AvgIpc) is 3.27. The number of benzene rings is 1. The Bertz CT molecular complexity index is 732. The van der Waals surface area contributed by atoms with Crippen LogP contribution in [0.15, 0.2) is 29.3 Å². The first-order valence-corrected chi connectivity index (χ1v) is 11.0. The summed E-state index contributed by atoms with van der Waals surface area (Å²) >= 11 is 0. The number of morpholine rings is 1. The molecule has 3 heterocycles. The zero-order chi connectivity index (χ0) is 20.1. The normalized spacial score (nSPS) is 23.2. The summed E-state index contributed by atoms with van der Waals surface area (Å²) in [6.07, 6.45) is 3.19. The first kappa shape index (κ1) is 20.2. The number of carbonyl (C=O) groups is 1. The highest BCUT2D eigenvalue weighted by molar-refractivity contribution is 5.97. The minimum Gasteiger partial charge on any atom is -0.379 e.